The average molecular weight is 314 g/mol. The van der Waals surface area contributed by atoms with Crippen molar-refractivity contribution < 1.29 is 19.4 Å². The number of nitrogens with one attached hydrogen (secondary N) is 2. The highest BCUT2D eigenvalue weighted by atomic mass is 32.1. The number of hydrogen-bond acceptors (Lipinski definition) is 4. The van der Waals surface area contributed by atoms with E-state index in [1.54, 1.807) is 17.5 Å². The minimum atomic E-state index is -1.08. The molecule has 0 saturated heterocycles. The molecule has 0 aliphatic carbocycles. The molecule has 0 saturated carbocycles. The van der Waals surface area contributed by atoms with Crippen LogP contribution in [-0.2, 0) is 9.53 Å². The highest BCUT2D eigenvalue weighted by Gasteiger charge is 2.22. The molecular formula is C14H22N2O4S. The number of hydrogen-bond donors (Lipinski definition) is 3. The first kappa shape index (κ1) is 17.5. The highest BCUT2D eigenvalue weighted by Crippen LogP contribution is 2.18. The van der Waals surface area contributed by atoms with Gasteiger partial charge < -0.3 is 20.5 Å². The van der Waals surface area contributed by atoms with Gasteiger partial charge in [0.05, 0.1) is 6.61 Å². The first-order valence-corrected chi connectivity index (χ1v) is 7.77. The Morgan fingerprint density at radius 1 is 1.38 bits per heavy atom. The molecule has 0 aliphatic rings. The molecule has 7 heteroatoms. The second kappa shape index (κ2) is 9.36. The van der Waals surface area contributed by atoms with Crippen LogP contribution in [0.4, 0.5) is 4.79 Å². The Kier molecular flexibility index (Phi) is 7.78. The molecule has 118 valence electrons. The zero-order valence-corrected chi connectivity index (χ0v) is 13.1. The topological polar surface area (TPSA) is 87.7 Å². The molecule has 0 bridgehead atoms. The van der Waals surface area contributed by atoms with Crippen molar-refractivity contribution >= 4 is 23.3 Å². The summed E-state index contributed by atoms with van der Waals surface area (Å²) in [6.07, 6.45) is 0.978. The molecule has 1 atom stereocenters. The second-order valence-electron chi connectivity index (χ2n) is 4.98. The maximum absolute atomic E-state index is 11.7. The molecule has 1 unspecified atom stereocenters. The van der Waals surface area contributed by atoms with E-state index in [1.807, 2.05) is 0 Å². The van der Waals surface area contributed by atoms with Crippen LogP contribution in [0.3, 0.4) is 0 Å². The van der Waals surface area contributed by atoms with E-state index in [0.29, 0.717) is 30.6 Å². The summed E-state index contributed by atoms with van der Waals surface area (Å²) in [5.41, 5.74) is 0. The number of carboxylic acid groups (broad SMARTS) is 1. The predicted molar refractivity (Wildman–Crippen MR) is 81.5 cm³/mol. The van der Waals surface area contributed by atoms with Crippen molar-refractivity contribution in [1.29, 1.82) is 0 Å². The first-order valence-electron chi connectivity index (χ1n) is 6.89. The van der Waals surface area contributed by atoms with E-state index in [4.69, 9.17) is 9.84 Å². The van der Waals surface area contributed by atoms with Crippen LogP contribution < -0.4 is 10.6 Å². The van der Waals surface area contributed by atoms with Gasteiger partial charge in [-0.05, 0) is 23.8 Å². The molecule has 21 heavy (non-hydrogen) atoms. The van der Waals surface area contributed by atoms with Crippen molar-refractivity contribution in [2.75, 3.05) is 19.8 Å². The fraction of sp³-hybridized carbons (Fsp3) is 0.571. The fourth-order valence-electron chi connectivity index (χ4n) is 1.55. The lowest BCUT2D eigenvalue weighted by atomic mass is 10.1. The molecule has 0 fully saturated rings. The second-order valence-corrected chi connectivity index (χ2v) is 5.96. The minimum Gasteiger partial charge on any atom is -0.479 e. The van der Waals surface area contributed by atoms with Gasteiger partial charge in [-0.2, -0.15) is 0 Å². The summed E-state index contributed by atoms with van der Waals surface area (Å²) in [4.78, 5) is 23.4. The van der Waals surface area contributed by atoms with E-state index in [2.05, 4.69) is 24.5 Å². The van der Waals surface area contributed by atoms with E-state index in [-0.39, 0.29) is 0 Å². The molecule has 1 aromatic heterocycles. The fourth-order valence-corrected chi connectivity index (χ4v) is 2.32. The molecule has 1 aromatic rings. The lowest BCUT2D eigenvalue weighted by Crippen LogP contribution is -2.41. The lowest BCUT2D eigenvalue weighted by Gasteiger charge is -2.14. The molecule has 0 aromatic carbocycles. The molecule has 6 nitrogen and oxygen atoms in total. The first-order chi connectivity index (χ1) is 10.0. The zero-order chi connectivity index (χ0) is 15.7. The van der Waals surface area contributed by atoms with E-state index in [1.165, 1.54) is 11.3 Å². The van der Waals surface area contributed by atoms with Crippen molar-refractivity contribution in [2.45, 2.75) is 26.3 Å². The molecule has 1 heterocycles. The number of amides is 2. The third-order valence-corrected chi connectivity index (χ3v) is 3.66. The van der Waals surface area contributed by atoms with Crippen LogP contribution in [0.1, 0.15) is 31.2 Å². The van der Waals surface area contributed by atoms with Gasteiger partial charge in [-0.3, -0.25) is 0 Å². The van der Waals surface area contributed by atoms with Crippen LogP contribution in [-0.4, -0.2) is 36.9 Å². The van der Waals surface area contributed by atoms with Gasteiger partial charge in [0.25, 0.3) is 0 Å². The van der Waals surface area contributed by atoms with Gasteiger partial charge in [0.2, 0.25) is 0 Å². The molecule has 0 aliphatic heterocycles. The van der Waals surface area contributed by atoms with Crippen LogP contribution in [0.15, 0.2) is 17.5 Å². The number of urea groups is 1. The van der Waals surface area contributed by atoms with Gasteiger partial charge >= 0.3 is 12.0 Å². The van der Waals surface area contributed by atoms with Crippen LogP contribution >= 0.6 is 11.3 Å². The Morgan fingerprint density at radius 2 is 2.14 bits per heavy atom. The van der Waals surface area contributed by atoms with Crippen molar-refractivity contribution in [1.82, 2.24) is 10.6 Å². The number of thiophene rings is 1. The summed E-state index contributed by atoms with van der Waals surface area (Å²) in [7, 11) is 0. The SMILES string of the molecule is CC(C)CCOCCNC(=O)NC(C(=O)O)c1cccs1. The van der Waals surface area contributed by atoms with Crippen molar-refractivity contribution in [2.24, 2.45) is 5.92 Å². The molecule has 2 amide bonds. The number of carboxylic acids is 1. The molecular weight excluding hydrogens is 292 g/mol. The maximum Gasteiger partial charge on any atom is 0.331 e. The summed E-state index contributed by atoms with van der Waals surface area (Å²) >= 11 is 1.29. The highest BCUT2D eigenvalue weighted by molar-refractivity contribution is 7.10. The van der Waals surface area contributed by atoms with Gasteiger partial charge in [-0.1, -0.05) is 19.9 Å². The quantitative estimate of drug-likeness (QED) is 0.610. The van der Waals surface area contributed by atoms with Gasteiger partial charge in [0, 0.05) is 18.0 Å². The van der Waals surface area contributed by atoms with E-state index in [0.717, 1.165) is 6.42 Å². The lowest BCUT2D eigenvalue weighted by molar-refractivity contribution is -0.139. The number of ether oxygens (including phenoxy) is 1. The largest absolute Gasteiger partial charge is 0.479 e. The summed E-state index contributed by atoms with van der Waals surface area (Å²) in [6.45, 7) is 5.66. The Morgan fingerprint density at radius 3 is 2.71 bits per heavy atom. The molecule has 0 radical (unpaired) electrons. The normalized spacial score (nSPS) is 12.1. The standard InChI is InChI=1S/C14H22N2O4S/c1-10(2)5-7-20-8-6-15-14(19)16-12(13(17)18)11-4-3-9-21-11/h3-4,9-10,12H,5-8H2,1-2H3,(H,17,18)(H2,15,16,19). The number of aliphatic carboxylic acids is 1. The van der Waals surface area contributed by atoms with Crippen LogP contribution in [0.5, 0.6) is 0 Å². The van der Waals surface area contributed by atoms with Gasteiger partial charge in [0.1, 0.15) is 0 Å². The molecule has 1 rings (SSSR count). The summed E-state index contributed by atoms with van der Waals surface area (Å²) in [5, 5.41) is 15.9. The van der Waals surface area contributed by atoms with Crippen LogP contribution in [0, 0.1) is 5.92 Å². The maximum atomic E-state index is 11.7. The van der Waals surface area contributed by atoms with Gasteiger partial charge in [-0.25, -0.2) is 9.59 Å². The van der Waals surface area contributed by atoms with Crippen molar-refractivity contribution in [3.05, 3.63) is 22.4 Å². The Bertz CT molecular complexity index is 434. The Hall–Kier alpha value is -1.60. The monoisotopic (exact) mass is 314 g/mol. The van der Waals surface area contributed by atoms with Gasteiger partial charge in [0.15, 0.2) is 6.04 Å². The van der Waals surface area contributed by atoms with E-state index >= 15 is 0 Å². The molecule has 0 spiro atoms. The van der Waals surface area contributed by atoms with E-state index in [9.17, 15) is 9.59 Å². The zero-order valence-electron chi connectivity index (χ0n) is 12.3. The smallest absolute Gasteiger partial charge is 0.331 e. The number of carbonyl (C=O) groups excluding carboxylic acids is 1. The third-order valence-electron chi connectivity index (χ3n) is 2.72. The summed E-state index contributed by atoms with van der Waals surface area (Å²) in [5.74, 6) is -0.496. The van der Waals surface area contributed by atoms with Crippen LogP contribution in [0.2, 0.25) is 0 Å². The molecule has 3 N–H and O–H groups in total. The van der Waals surface area contributed by atoms with Crippen molar-refractivity contribution in [3.8, 4) is 0 Å². The number of rotatable bonds is 9. The van der Waals surface area contributed by atoms with Gasteiger partial charge in [-0.15, -0.1) is 11.3 Å². The third kappa shape index (κ3) is 7.10. The Labute approximate surface area is 128 Å². The van der Waals surface area contributed by atoms with Crippen LogP contribution in [0.25, 0.3) is 0 Å². The van der Waals surface area contributed by atoms with E-state index < -0.39 is 18.0 Å². The minimum absolute atomic E-state index is 0.348. The number of carbonyl (C=O) groups is 2. The van der Waals surface area contributed by atoms with Crippen molar-refractivity contribution in [3.63, 3.8) is 0 Å². The summed E-state index contributed by atoms with van der Waals surface area (Å²) < 4.78 is 5.36. The Balaban J connectivity index is 2.24. The predicted octanol–water partition coefficient (Wildman–Crippen LogP) is 2.24. The average Bonchev–Trinajstić information content (AvgIpc) is 2.93. The summed E-state index contributed by atoms with van der Waals surface area (Å²) in [6, 6.07) is 1.90.